The number of piperazine rings is 1. The highest BCUT2D eigenvalue weighted by molar-refractivity contribution is 7.92. The number of rotatable bonds is 8. The molecule has 0 unspecified atom stereocenters. The lowest BCUT2D eigenvalue weighted by molar-refractivity contribution is 0.354. The van der Waals surface area contributed by atoms with E-state index in [1.165, 1.54) is 15.8 Å². The lowest BCUT2D eigenvalue weighted by Gasteiger charge is -2.35. The molecule has 0 N–H and O–H groups in total. The number of nitrogens with zero attached hydrogens (tertiary/aromatic N) is 2. The van der Waals surface area contributed by atoms with Crippen LogP contribution in [0.25, 0.3) is 0 Å². The highest BCUT2D eigenvalue weighted by Gasteiger charge is 2.25. The summed E-state index contributed by atoms with van der Waals surface area (Å²) in [6.07, 6.45) is 5.62. The molecule has 0 aliphatic carbocycles. The van der Waals surface area contributed by atoms with Gasteiger partial charge in [0.1, 0.15) is 0 Å². The first-order valence-corrected chi connectivity index (χ1v) is 11.1. The molecular formula is C21H30N2O4S. The van der Waals surface area contributed by atoms with Gasteiger partial charge in [-0.3, -0.25) is 0 Å². The van der Waals surface area contributed by atoms with Gasteiger partial charge in [-0.05, 0) is 18.6 Å². The van der Waals surface area contributed by atoms with Gasteiger partial charge in [0.05, 0.1) is 19.6 Å². The number of methoxy groups -OCH3 is 2. The highest BCUT2D eigenvalue weighted by atomic mass is 32.2. The third kappa shape index (κ3) is 6.18. The molecule has 0 aromatic heterocycles. The van der Waals surface area contributed by atoms with E-state index >= 15 is 0 Å². The van der Waals surface area contributed by atoms with E-state index in [0.29, 0.717) is 37.7 Å². The van der Waals surface area contributed by atoms with Crippen LogP contribution in [0, 0.1) is 11.8 Å². The molecule has 0 saturated carbocycles. The van der Waals surface area contributed by atoms with Crippen LogP contribution in [0.2, 0.25) is 0 Å². The molecule has 1 aliphatic heterocycles. The Hall–Kier alpha value is -2.17. The quantitative estimate of drug-likeness (QED) is 0.490. The van der Waals surface area contributed by atoms with Crippen molar-refractivity contribution in [3.8, 4) is 23.3 Å². The molecule has 0 spiro atoms. The summed E-state index contributed by atoms with van der Waals surface area (Å²) in [6, 6.07) is 5.73. The molecule has 0 amide bonds. The second kappa shape index (κ2) is 11.0. The van der Waals surface area contributed by atoms with Crippen LogP contribution in [0.4, 0.5) is 5.69 Å². The lowest BCUT2D eigenvalue weighted by Crippen LogP contribution is -2.48. The number of sulfonamides is 1. The second-order valence-corrected chi connectivity index (χ2v) is 8.37. The standard InChI is InChI=1S/C21H30N2O4S/c1-4-5-6-7-8-9-10-17-28(24,25)23-15-13-22(14-16-23)19-11-12-20(26-2)21(18-19)27-3/h10-12,17-18H,4-7,13-16H2,1-3H3/b17-10+. The fraction of sp³-hybridized carbons (Fsp3) is 0.524. The summed E-state index contributed by atoms with van der Waals surface area (Å²) < 4.78 is 37.0. The topological polar surface area (TPSA) is 59.1 Å². The van der Waals surface area contributed by atoms with E-state index in [-0.39, 0.29) is 0 Å². The maximum atomic E-state index is 12.5. The molecule has 28 heavy (non-hydrogen) atoms. The number of hydrogen-bond donors (Lipinski definition) is 0. The van der Waals surface area contributed by atoms with Crippen LogP contribution in [-0.2, 0) is 10.0 Å². The average molecular weight is 407 g/mol. The first-order valence-electron chi connectivity index (χ1n) is 9.64. The van der Waals surface area contributed by atoms with Gasteiger partial charge in [-0.2, -0.15) is 4.31 Å². The molecular weight excluding hydrogens is 376 g/mol. The summed E-state index contributed by atoms with van der Waals surface area (Å²) in [5.74, 6) is 7.16. The minimum Gasteiger partial charge on any atom is -0.493 e. The Morgan fingerprint density at radius 2 is 1.79 bits per heavy atom. The average Bonchev–Trinajstić information content (AvgIpc) is 2.72. The summed E-state index contributed by atoms with van der Waals surface area (Å²) in [4.78, 5) is 2.14. The third-order valence-corrected chi connectivity index (χ3v) is 6.23. The summed E-state index contributed by atoms with van der Waals surface area (Å²) >= 11 is 0. The first-order chi connectivity index (χ1) is 13.5. The second-order valence-electron chi connectivity index (χ2n) is 6.55. The SMILES string of the molecule is CCCCCC#C/C=C/S(=O)(=O)N1CCN(c2ccc(OC)c(OC)c2)CC1. The molecule has 1 aromatic carbocycles. The van der Waals surface area contributed by atoms with E-state index < -0.39 is 10.0 Å². The van der Waals surface area contributed by atoms with E-state index in [4.69, 9.17) is 9.47 Å². The van der Waals surface area contributed by atoms with Gasteiger partial charge in [0, 0.05) is 50.4 Å². The van der Waals surface area contributed by atoms with E-state index in [1.54, 1.807) is 14.2 Å². The smallest absolute Gasteiger partial charge is 0.236 e. The molecule has 1 saturated heterocycles. The van der Waals surface area contributed by atoms with Gasteiger partial charge in [-0.1, -0.05) is 31.6 Å². The Labute approximate surface area is 169 Å². The summed E-state index contributed by atoms with van der Waals surface area (Å²) in [6.45, 7) is 4.25. The number of benzene rings is 1. The van der Waals surface area contributed by atoms with E-state index in [9.17, 15) is 8.42 Å². The minimum atomic E-state index is -3.43. The van der Waals surface area contributed by atoms with Crippen LogP contribution < -0.4 is 14.4 Å². The molecule has 6 nitrogen and oxygen atoms in total. The Morgan fingerprint density at radius 3 is 2.43 bits per heavy atom. The van der Waals surface area contributed by atoms with Crippen molar-refractivity contribution >= 4 is 15.7 Å². The van der Waals surface area contributed by atoms with Crippen molar-refractivity contribution in [2.45, 2.75) is 32.6 Å². The van der Waals surface area contributed by atoms with Gasteiger partial charge < -0.3 is 14.4 Å². The van der Waals surface area contributed by atoms with Crippen molar-refractivity contribution < 1.29 is 17.9 Å². The molecule has 154 valence electrons. The normalized spacial score (nSPS) is 15.3. The highest BCUT2D eigenvalue weighted by Crippen LogP contribution is 2.32. The van der Waals surface area contributed by atoms with Crippen LogP contribution in [0.5, 0.6) is 11.5 Å². The van der Waals surface area contributed by atoms with Crippen molar-refractivity contribution in [3.05, 3.63) is 29.7 Å². The van der Waals surface area contributed by atoms with Gasteiger partial charge in [0.15, 0.2) is 11.5 Å². The van der Waals surface area contributed by atoms with Crippen molar-refractivity contribution in [1.82, 2.24) is 4.31 Å². The molecule has 0 radical (unpaired) electrons. The van der Waals surface area contributed by atoms with Crippen molar-refractivity contribution in [2.24, 2.45) is 0 Å². The van der Waals surface area contributed by atoms with Gasteiger partial charge in [-0.15, -0.1) is 0 Å². The number of anilines is 1. The zero-order chi connectivity index (χ0) is 20.4. The van der Waals surface area contributed by atoms with E-state index in [1.807, 2.05) is 18.2 Å². The fourth-order valence-corrected chi connectivity index (χ4v) is 4.11. The van der Waals surface area contributed by atoms with Crippen molar-refractivity contribution in [1.29, 1.82) is 0 Å². The van der Waals surface area contributed by atoms with Crippen molar-refractivity contribution in [2.75, 3.05) is 45.3 Å². The van der Waals surface area contributed by atoms with Gasteiger partial charge in [0.25, 0.3) is 0 Å². The predicted molar refractivity (Wildman–Crippen MR) is 113 cm³/mol. The van der Waals surface area contributed by atoms with Gasteiger partial charge in [0.2, 0.25) is 10.0 Å². The number of allylic oxidation sites excluding steroid dienone is 1. The summed E-state index contributed by atoms with van der Waals surface area (Å²) in [5, 5.41) is 1.21. The van der Waals surface area contributed by atoms with Crippen LogP contribution in [0.15, 0.2) is 29.7 Å². The van der Waals surface area contributed by atoms with Crippen LogP contribution in [0.3, 0.4) is 0 Å². The third-order valence-electron chi connectivity index (χ3n) is 4.66. The Bertz CT molecular complexity index is 817. The largest absolute Gasteiger partial charge is 0.493 e. The summed E-state index contributed by atoms with van der Waals surface area (Å²) in [5.41, 5.74) is 0.989. The van der Waals surface area contributed by atoms with Crippen LogP contribution in [0.1, 0.15) is 32.6 Å². The monoisotopic (exact) mass is 406 g/mol. The number of hydrogen-bond acceptors (Lipinski definition) is 5. The molecule has 1 fully saturated rings. The maximum Gasteiger partial charge on any atom is 0.236 e. The molecule has 1 heterocycles. The number of unbranched alkanes of at least 4 members (excludes halogenated alkanes) is 3. The summed E-state index contributed by atoms with van der Waals surface area (Å²) in [7, 11) is -0.227. The van der Waals surface area contributed by atoms with Crippen LogP contribution >= 0.6 is 0 Å². The van der Waals surface area contributed by atoms with Gasteiger partial charge in [-0.25, -0.2) is 8.42 Å². The Kier molecular flexibility index (Phi) is 8.68. The zero-order valence-electron chi connectivity index (χ0n) is 17.0. The van der Waals surface area contributed by atoms with Crippen molar-refractivity contribution in [3.63, 3.8) is 0 Å². The first kappa shape index (κ1) is 22.1. The predicted octanol–water partition coefficient (Wildman–Crippen LogP) is 3.25. The lowest BCUT2D eigenvalue weighted by atomic mass is 10.2. The fourth-order valence-electron chi connectivity index (χ4n) is 3.02. The Balaban J connectivity index is 1.92. The maximum absolute atomic E-state index is 12.5. The Morgan fingerprint density at radius 1 is 1.07 bits per heavy atom. The molecule has 7 heteroatoms. The van der Waals surface area contributed by atoms with Gasteiger partial charge >= 0.3 is 0 Å². The molecule has 1 aliphatic rings. The minimum absolute atomic E-state index is 0.435. The molecule has 2 rings (SSSR count). The van der Waals surface area contributed by atoms with E-state index in [2.05, 4.69) is 23.7 Å². The van der Waals surface area contributed by atoms with Crippen LogP contribution in [-0.4, -0.2) is 53.1 Å². The molecule has 0 atom stereocenters. The molecule has 0 bridgehead atoms. The zero-order valence-corrected chi connectivity index (χ0v) is 17.8. The van der Waals surface area contributed by atoms with E-state index in [0.717, 1.165) is 31.4 Å². The molecule has 1 aromatic rings. The number of ether oxygens (including phenoxy) is 2.